The van der Waals surface area contributed by atoms with Gasteiger partial charge < -0.3 is 10.0 Å². The zero-order valence-electron chi connectivity index (χ0n) is 11.9. The maximum Gasteiger partial charge on any atom is 0.323 e. The molecule has 0 atom stereocenters. The highest BCUT2D eigenvalue weighted by Gasteiger charge is 2.22. The van der Waals surface area contributed by atoms with Gasteiger partial charge in [0.1, 0.15) is 12.2 Å². The molecule has 1 aromatic heterocycles. The summed E-state index contributed by atoms with van der Waals surface area (Å²) in [6.07, 6.45) is 0. The zero-order valence-corrected chi connectivity index (χ0v) is 11.9. The molecule has 0 saturated heterocycles. The number of aliphatic carboxylic acids is 1. The van der Waals surface area contributed by atoms with Crippen LogP contribution < -0.4 is 0 Å². The van der Waals surface area contributed by atoms with Crippen molar-refractivity contribution in [3.63, 3.8) is 0 Å². The van der Waals surface area contributed by atoms with Crippen LogP contribution in [-0.4, -0.2) is 44.8 Å². The third-order valence-corrected chi connectivity index (χ3v) is 2.62. The first kappa shape index (κ1) is 15.2. The van der Waals surface area contributed by atoms with Gasteiger partial charge in [-0.2, -0.15) is 5.10 Å². The Hall–Kier alpha value is -1.85. The van der Waals surface area contributed by atoms with E-state index in [-0.39, 0.29) is 18.4 Å². The van der Waals surface area contributed by atoms with Crippen molar-refractivity contribution in [2.45, 2.75) is 34.2 Å². The standard InChI is InChI=1S/C13H21N3O3/c1-5-16-11(6-10(4)14-16)13(19)15(7-9(2)3)8-12(17)18/h6,9H,5,7-8H2,1-4H3,(H,17,18). The molecule has 0 radical (unpaired) electrons. The van der Waals surface area contributed by atoms with E-state index in [9.17, 15) is 9.59 Å². The molecule has 0 spiro atoms. The Morgan fingerprint density at radius 2 is 2.11 bits per heavy atom. The van der Waals surface area contributed by atoms with E-state index in [1.807, 2.05) is 27.7 Å². The van der Waals surface area contributed by atoms with Crippen LogP contribution in [0.1, 0.15) is 37.0 Å². The van der Waals surface area contributed by atoms with E-state index < -0.39 is 5.97 Å². The van der Waals surface area contributed by atoms with E-state index >= 15 is 0 Å². The molecule has 0 aliphatic rings. The van der Waals surface area contributed by atoms with Crippen LogP contribution in [0.15, 0.2) is 6.07 Å². The molecule has 1 amide bonds. The van der Waals surface area contributed by atoms with Crippen molar-refractivity contribution in [2.24, 2.45) is 5.92 Å². The minimum Gasteiger partial charge on any atom is -0.480 e. The first-order chi connectivity index (χ1) is 8.85. The quantitative estimate of drug-likeness (QED) is 0.845. The van der Waals surface area contributed by atoms with Crippen molar-refractivity contribution in [1.29, 1.82) is 0 Å². The van der Waals surface area contributed by atoms with Crippen LogP contribution in [0, 0.1) is 12.8 Å². The second kappa shape index (κ2) is 6.36. The van der Waals surface area contributed by atoms with Crippen LogP contribution in [0.2, 0.25) is 0 Å². The Balaban J connectivity index is 3.00. The SMILES string of the molecule is CCn1nc(C)cc1C(=O)N(CC(=O)O)CC(C)C. The largest absolute Gasteiger partial charge is 0.480 e. The molecule has 19 heavy (non-hydrogen) atoms. The minimum absolute atomic E-state index is 0.211. The summed E-state index contributed by atoms with van der Waals surface area (Å²) in [5.74, 6) is -1.07. The van der Waals surface area contributed by atoms with E-state index in [2.05, 4.69) is 5.10 Å². The molecule has 0 aliphatic heterocycles. The lowest BCUT2D eigenvalue weighted by molar-refractivity contribution is -0.137. The number of hydrogen-bond donors (Lipinski definition) is 1. The van der Waals surface area contributed by atoms with E-state index in [4.69, 9.17) is 5.11 Å². The Bertz CT molecular complexity index is 466. The molecule has 0 saturated carbocycles. The maximum absolute atomic E-state index is 12.4. The number of carboxylic acids is 1. The summed E-state index contributed by atoms with van der Waals surface area (Å²) in [6, 6.07) is 1.70. The van der Waals surface area contributed by atoms with Crippen LogP contribution in [0.25, 0.3) is 0 Å². The molecule has 0 fully saturated rings. The van der Waals surface area contributed by atoms with Gasteiger partial charge in [0.25, 0.3) is 5.91 Å². The average Bonchev–Trinajstić information content (AvgIpc) is 2.67. The average molecular weight is 267 g/mol. The summed E-state index contributed by atoms with van der Waals surface area (Å²) in [4.78, 5) is 24.6. The molecule has 1 aromatic rings. The highest BCUT2D eigenvalue weighted by Crippen LogP contribution is 2.10. The van der Waals surface area contributed by atoms with Gasteiger partial charge in [-0.3, -0.25) is 14.3 Å². The van der Waals surface area contributed by atoms with Gasteiger partial charge in [0.15, 0.2) is 0 Å². The number of amides is 1. The van der Waals surface area contributed by atoms with Gasteiger partial charge in [-0.05, 0) is 25.8 Å². The lowest BCUT2D eigenvalue weighted by Crippen LogP contribution is -2.39. The van der Waals surface area contributed by atoms with Gasteiger partial charge in [0.2, 0.25) is 0 Å². The molecular weight excluding hydrogens is 246 g/mol. The van der Waals surface area contributed by atoms with Crippen LogP contribution in [-0.2, 0) is 11.3 Å². The fourth-order valence-electron chi connectivity index (χ4n) is 1.94. The van der Waals surface area contributed by atoms with Gasteiger partial charge >= 0.3 is 5.97 Å². The Morgan fingerprint density at radius 1 is 1.47 bits per heavy atom. The number of nitrogens with zero attached hydrogens (tertiary/aromatic N) is 3. The topological polar surface area (TPSA) is 75.4 Å². The molecule has 106 valence electrons. The van der Waals surface area contributed by atoms with Crippen molar-refractivity contribution in [1.82, 2.24) is 14.7 Å². The van der Waals surface area contributed by atoms with Crippen LogP contribution in [0.5, 0.6) is 0 Å². The lowest BCUT2D eigenvalue weighted by Gasteiger charge is -2.22. The van der Waals surface area contributed by atoms with Crippen LogP contribution in [0.4, 0.5) is 0 Å². The van der Waals surface area contributed by atoms with Gasteiger partial charge in [0.05, 0.1) is 5.69 Å². The second-order valence-corrected chi connectivity index (χ2v) is 4.96. The number of hydrogen-bond acceptors (Lipinski definition) is 3. The maximum atomic E-state index is 12.4. The summed E-state index contributed by atoms with van der Waals surface area (Å²) in [7, 11) is 0. The highest BCUT2D eigenvalue weighted by atomic mass is 16.4. The predicted molar refractivity (Wildman–Crippen MR) is 71.0 cm³/mol. The normalized spacial score (nSPS) is 10.8. The van der Waals surface area contributed by atoms with Crippen molar-refractivity contribution in [3.05, 3.63) is 17.5 Å². The van der Waals surface area contributed by atoms with Crippen LogP contribution >= 0.6 is 0 Å². The van der Waals surface area contributed by atoms with Crippen molar-refractivity contribution in [3.8, 4) is 0 Å². The number of aromatic nitrogens is 2. The Morgan fingerprint density at radius 3 is 2.58 bits per heavy atom. The number of rotatable bonds is 6. The van der Waals surface area contributed by atoms with Gasteiger partial charge in [-0.15, -0.1) is 0 Å². The molecule has 6 heteroatoms. The molecule has 1 N–H and O–H groups in total. The molecule has 0 aromatic carbocycles. The van der Waals surface area contributed by atoms with E-state index in [0.29, 0.717) is 18.8 Å². The van der Waals surface area contributed by atoms with Gasteiger partial charge in [-0.1, -0.05) is 13.8 Å². The lowest BCUT2D eigenvalue weighted by atomic mass is 10.2. The first-order valence-electron chi connectivity index (χ1n) is 6.40. The summed E-state index contributed by atoms with van der Waals surface area (Å²) in [5.41, 5.74) is 1.20. The van der Waals surface area contributed by atoms with Crippen molar-refractivity contribution >= 4 is 11.9 Å². The van der Waals surface area contributed by atoms with E-state index in [0.717, 1.165) is 5.69 Å². The molecule has 0 unspecified atom stereocenters. The van der Waals surface area contributed by atoms with Gasteiger partial charge in [0, 0.05) is 13.1 Å². The molecule has 0 aliphatic carbocycles. The molecule has 6 nitrogen and oxygen atoms in total. The highest BCUT2D eigenvalue weighted by molar-refractivity contribution is 5.94. The van der Waals surface area contributed by atoms with Crippen molar-refractivity contribution in [2.75, 3.05) is 13.1 Å². The van der Waals surface area contributed by atoms with E-state index in [1.54, 1.807) is 10.7 Å². The van der Waals surface area contributed by atoms with Crippen molar-refractivity contribution < 1.29 is 14.7 Å². The monoisotopic (exact) mass is 267 g/mol. The summed E-state index contributed by atoms with van der Waals surface area (Å²) >= 11 is 0. The van der Waals surface area contributed by atoms with Gasteiger partial charge in [-0.25, -0.2) is 0 Å². The number of carboxylic acid groups (broad SMARTS) is 1. The Kier molecular flexibility index (Phi) is 5.09. The third-order valence-electron chi connectivity index (χ3n) is 2.62. The minimum atomic E-state index is -1.01. The number of aryl methyl sites for hydroxylation is 2. The summed E-state index contributed by atoms with van der Waals surface area (Å²) in [5, 5.41) is 13.1. The number of carbonyl (C=O) groups is 2. The van der Waals surface area contributed by atoms with E-state index in [1.165, 1.54) is 4.90 Å². The zero-order chi connectivity index (χ0) is 14.6. The molecule has 1 rings (SSSR count). The second-order valence-electron chi connectivity index (χ2n) is 4.96. The smallest absolute Gasteiger partial charge is 0.323 e. The van der Waals surface area contributed by atoms with Crippen LogP contribution in [0.3, 0.4) is 0 Å². The predicted octanol–water partition coefficient (Wildman–Crippen LogP) is 1.39. The Labute approximate surface area is 113 Å². The number of carbonyl (C=O) groups excluding carboxylic acids is 1. The molecular formula is C13H21N3O3. The third kappa shape index (κ3) is 4.08. The first-order valence-corrected chi connectivity index (χ1v) is 6.40. The summed E-state index contributed by atoms with van der Waals surface area (Å²) in [6.45, 7) is 8.32. The molecule has 1 heterocycles. The fraction of sp³-hybridized carbons (Fsp3) is 0.615. The summed E-state index contributed by atoms with van der Waals surface area (Å²) < 4.78 is 1.60. The fourth-order valence-corrected chi connectivity index (χ4v) is 1.94. The molecule has 0 bridgehead atoms.